The molecule has 1 aromatic carbocycles. The van der Waals surface area contributed by atoms with Crippen LogP contribution in [0.1, 0.15) is 78.9 Å². The molecule has 0 unspecified atom stereocenters. The number of imidazole rings is 1. The molecule has 0 atom stereocenters. The van der Waals surface area contributed by atoms with Gasteiger partial charge in [0.15, 0.2) is 11.0 Å². The third-order valence-electron chi connectivity index (χ3n) is 5.34. The summed E-state index contributed by atoms with van der Waals surface area (Å²) < 4.78 is 14.2. The van der Waals surface area contributed by atoms with Gasteiger partial charge in [0.2, 0.25) is 0 Å². The van der Waals surface area contributed by atoms with E-state index in [0.29, 0.717) is 0 Å². The van der Waals surface area contributed by atoms with Crippen molar-refractivity contribution < 1.29 is 47.6 Å². The zero-order chi connectivity index (χ0) is 20.7. The maximum Gasteiger partial charge on any atom is 0.338 e. The standard InChI is InChI=1S/C22H33N2O4.HI/c1-6-8-9-10-11-12-13-24-16(3)23(7-2)19-14-17(21(25)27-4)18(15-20(19)24)22(26)28-5;/h14-15H,6-13H2,1-5H3;1H/q+1;/p-1. The maximum atomic E-state index is 12.3. The monoisotopic (exact) mass is 516 g/mol. The predicted octanol–water partition coefficient (Wildman–Crippen LogP) is 1.19. The number of aromatic nitrogens is 2. The highest BCUT2D eigenvalue weighted by Crippen LogP contribution is 2.22. The Labute approximate surface area is 190 Å². The second-order valence-corrected chi connectivity index (χ2v) is 7.08. The molecule has 0 aliphatic carbocycles. The lowest BCUT2D eigenvalue weighted by atomic mass is 10.1. The highest BCUT2D eigenvalue weighted by atomic mass is 127. The SMILES string of the molecule is CCCCCCCC[n+]1c(C)n(CC)c2cc(C(=O)OC)c(C(=O)OC)cc21.[I-]. The molecule has 7 heteroatoms. The Balaban J connectivity index is 0.00000420. The summed E-state index contributed by atoms with van der Waals surface area (Å²) in [6.45, 7) is 8.05. The van der Waals surface area contributed by atoms with Crippen LogP contribution in [-0.2, 0) is 22.6 Å². The first-order chi connectivity index (χ1) is 13.5. The topological polar surface area (TPSA) is 61.4 Å². The van der Waals surface area contributed by atoms with Crippen molar-refractivity contribution in [2.24, 2.45) is 0 Å². The van der Waals surface area contributed by atoms with Gasteiger partial charge in [-0.3, -0.25) is 0 Å². The maximum absolute atomic E-state index is 12.3. The molecule has 0 amide bonds. The minimum atomic E-state index is -0.536. The lowest BCUT2D eigenvalue weighted by Crippen LogP contribution is -3.00. The van der Waals surface area contributed by atoms with Gasteiger partial charge < -0.3 is 33.5 Å². The number of esters is 2. The first-order valence-electron chi connectivity index (χ1n) is 10.2. The van der Waals surface area contributed by atoms with Crippen molar-refractivity contribution in [1.29, 1.82) is 0 Å². The van der Waals surface area contributed by atoms with E-state index >= 15 is 0 Å². The number of halogens is 1. The minimum Gasteiger partial charge on any atom is -1.00 e. The van der Waals surface area contributed by atoms with Crippen molar-refractivity contribution in [2.45, 2.75) is 72.4 Å². The number of unbranched alkanes of at least 4 members (excludes halogenated alkanes) is 5. The summed E-state index contributed by atoms with van der Waals surface area (Å²) in [5.74, 6) is 0.0467. The van der Waals surface area contributed by atoms with Gasteiger partial charge >= 0.3 is 11.9 Å². The van der Waals surface area contributed by atoms with Crippen molar-refractivity contribution >= 4 is 23.0 Å². The van der Waals surface area contributed by atoms with Gasteiger partial charge in [-0.15, -0.1) is 0 Å². The minimum absolute atomic E-state index is 0. The average Bonchev–Trinajstić information content (AvgIpc) is 2.98. The van der Waals surface area contributed by atoms with Crippen LogP contribution in [0.5, 0.6) is 0 Å². The van der Waals surface area contributed by atoms with Gasteiger partial charge in [0, 0.05) is 19.1 Å². The fourth-order valence-electron chi connectivity index (χ4n) is 3.79. The molecule has 0 aliphatic rings. The van der Waals surface area contributed by atoms with Crippen molar-refractivity contribution in [1.82, 2.24) is 4.57 Å². The number of aryl methyl sites for hydroxylation is 2. The highest BCUT2D eigenvalue weighted by molar-refractivity contribution is 6.06. The molecule has 2 rings (SSSR count). The second kappa shape index (κ2) is 12.1. The number of hydrogen-bond donors (Lipinski definition) is 0. The Morgan fingerprint density at radius 1 is 0.931 bits per heavy atom. The number of fused-ring (bicyclic) bond motifs is 1. The van der Waals surface area contributed by atoms with Crippen LogP contribution in [0.25, 0.3) is 11.0 Å². The molecule has 162 valence electrons. The van der Waals surface area contributed by atoms with Crippen LogP contribution in [0.15, 0.2) is 12.1 Å². The van der Waals surface area contributed by atoms with Crippen molar-refractivity contribution in [3.05, 3.63) is 29.1 Å². The van der Waals surface area contributed by atoms with E-state index in [-0.39, 0.29) is 35.1 Å². The molecule has 0 N–H and O–H groups in total. The Hall–Kier alpha value is -1.64. The van der Waals surface area contributed by atoms with Gasteiger partial charge in [0.25, 0.3) is 5.82 Å². The summed E-state index contributed by atoms with van der Waals surface area (Å²) >= 11 is 0. The normalized spacial score (nSPS) is 10.7. The van der Waals surface area contributed by atoms with E-state index in [9.17, 15) is 9.59 Å². The molecule has 0 radical (unpaired) electrons. The van der Waals surface area contributed by atoms with Gasteiger partial charge in [0.1, 0.15) is 0 Å². The molecule has 0 saturated carbocycles. The van der Waals surface area contributed by atoms with Crippen LogP contribution in [0, 0.1) is 6.92 Å². The third kappa shape index (κ3) is 5.71. The summed E-state index contributed by atoms with van der Waals surface area (Å²) in [5, 5.41) is 0. The van der Waals surface area contributed by atoms with Crippen molar-refractivity contribution in [3.63, 3.8) is 0 Å². The molecule has 2 aromatic rings. The molecule has 6 nitrogen and oxygen atoms in total. The molecule has 29 heavy (non-hydrogen) atoms. The van der Waals surface area contributed by atoms with Gasteiger partial charge in [-0.2, -0.15) is 0 Å². The summed E-state index contributed by atoms with van der Waals surface area (Å²) in [5.41, 5.74) is 2.35. The van der Waals surface area contributed by atoms with Crippen LogP contribution in [0.3, 0.4) is 0 Å². The van der Waals surface area contributed by atoms with E-state index in [1.54, 1.807) is 12.1 Å². The van der Waals surface area contributed by atoms with Gasteiger partial charge in [-0.25, -0.2) is 18.7 Å². The fraction of sp³-hybridized carbons (Fsp3) is 0.591. The van der Waals surface area contributed by atoms with Crippen LogP contribution < -0.4 is 28.5 Å². The number of nitrogens with zero attached hydrogens (tertiary/aromatic N) is 2. The number of carbonyl (C=O) groups is 2. The largest absolute Gasteiger partial charge is 1.00 e. The number of rotatable bonds is 10. The summed E-state index contributed by atoms with van der Waals surface area (Å²) in [4.78, 5) is 24.5. The highest BCUT2D eigenvalue weighted by Gasteiger charge is 2.27. The number of methoxy groups -OCH3 is 2. The van der Waals surface area contributed by atoms with Gasteiger partial charge in [-0.05, 0) is 19.8 Å². The first-order valence-corrected chi connectivity index (χ1v) is 10.2. The third-order valence-corrected chi connectivity index (χ3v) is 5.34. The number of carbonyl (C=O) groups excluding carboxylic acids is 2. The van der Waals surface area contributed by atoms with Crippen molar-refractivity contribution in [3.8, 4) is 0 Å². The van der Waals surface area contributed by atoms with E-state index in [1.807, 2.05) is 0 Å². The second-order valence-electron chi connectivity index (χ2n) is 7.08. The molecule has 0 aliphatic heterocycles. The lowest BCUT2D eigenvalue weighted by molar-refractivity contribution is -0.678. The summed E-state index contributed by atoms with van der Waals surface area (Å²) in [6, 6.07) is 3.52. The Bertz CT molecular complexity index is 845. The number of benzene rings is 1. The Morgan fingerprint density at radius 3 is 2.03 bits per heavy atom. The number of hydrogen-bond acceptors (Lipinski definition) is 4. The van der Waals surface area contributed by atoms with Gasteiger partial charge in [-0.1, -0.05) is 32.6 Å². The van der Waals surface area contributed by atoms with Crippen LogP contribution in [0.2, 0.25) is 0 Å². The predicted molar refractivity (Wildman–Crippen MR) is 109 cm³/mol. The molecular formula is C22H33IN2O4. The van der Waals surface area contributed by atoms with Gasteiger partial charge in [0.05, 0.1) is 38.4 Å². The van der Waals surface area contributed by atoms with E-state index in [4.69, 9.17) is 9.47 Å². The quantitative estimate of drug-likeness (QED) is 0.206. The molecule has 1 heterocycles. The summed E-state index contributed by atoms with van der Waals surface area (Å²) in [7, 11) is 2.64. The van der Waals surface area contributed by atoms with Crippen LogP contribution >= 0.6 is 0 Å². The molecule has 0 spiro atoms. The lowest BCUT2D eigenvalue weighted by Gasteiger charge is -2.06. The molecule has 1 aromatic heterocycles. The molecule has 0 saturated heterocycles. The summed E-state index contributed by atoms with van der Waals surface area (Å²) in [6.07, 6.45) is 7.35. The smallest absolute Gasteiger partial charge is 0.338 e. The van der Waals surface area contributed by atoms with E-state index in [2.05, 4.69) is 29.9 Å². The fourth-order valence-corrected chi connectivity index (χ4v) is 3.79. The van der Waals surface area contributed by atoms with E-state index in [1.165, 1.54) is 46.3 Å². The first kappa shape index (κ1) is 25.4. The Morgan fingerprint density at radius 2 is 1.48 bits per heavy atom. The van der Waals surface area contributed by atoms with E-state index in [0.717, 1.165) is 36.4 Å². The zero-order valence-corrected chi connectivity index (χ0v) is 20.4. The average molecular weight is 516 g/mol. The number of ether oxygens (including phenoxy) is 2. The van der Waals surface area contributed by atoms with Crippen LogP contribution in [0.4, 0.5) is 0 Å². The van der Waals surface area contributed by atoms with E-state index < -0.39 is 11.9 Å². The molecule has 0 fully saturated rings. The van der Waals surface area contributed by atoms with Crippen molar-refractivity contribution in [2.75, 3.05) is 14.2 Å². The zero-order valence-electron chi connectivity index (χ0n) is 18.2. The van der Waals surface area contributed by atoms with Crippen LogP contribution in [-0.4, -0.2) is 30.7 Å². The molecule has 0 bridgehead atoms. The molecular weight excluding hydrogens is 483 g/mol. The Kier molecular flexibility index (Phi) is 10.6.